The van der Waals surface area contributed by atoms with Crippen LogP contribution in [0.4, 0.5) is 0 Å². The third-order valence-electron chi connectivity index (χ3n) is 2.30. The summed E-state index contributed by atoms with van der Waals surface area (Å²) >= 11 is 0. The number of aromatic nitrogens is 3. The molecule has 0 radical (unpaired) electrons. The highest BCUT2D eigenvalue weighted by molar-refractivity contribution is 5.38. The summed E-state index contributed by atoms with van der Waals surface area (Å²) in [6.07, 6.45) is 2.78. The van der Waals surface area contributed by atoms with Crippen LogP contribution in [0, 0.1) is 12.3 Å². The molecule has 2 aromatic heterocycles. The lowest BCUT2D eigenvalue weighted by Gasteiger charge is -2.17. The maximum Gasteiger partial charge on any atom is 0.155 e. The average molecular weight is 203 g/mol. The third-order valence-corrected chi connectivity index (χ3v) is 2.30. The molecule has 0 unspecified atom stereocenters. The van der Waals surface area contributed by atoms with Gasteiger partial charge in [-0.25, -0.2) is 9.50 Å². The highest BCUT2D eigenvalue weighted by atomic mass is 15.2. The Labute approximate surface area is 90.1 Å². The van der Waals surface area contributed by atoms with E-state index in [9.17, 15) is 0 Å². The zero-order valence-corrected chi connectivity index (χ0v) is 9.78. The average Bonchev–Trinajstić information content (AvgIpc) is 2.48. The maximum atomic E-state index is 4.58. The summed E-state index contributed by atoms with van der Waals surface area (Å²) in [5.41, 5.74) is 3.50. The first-order valence-electron chi connectivity index (χ1n) is 5.26. The molecule has 0 aromatic carbocycles. The monoisotopic (exact) mass is 203 g/mol. The molecule has 3 heteroatoms. The van der Waals surface area contributed by atoms with Crippen molar-refractivity contribution in [2.75, 3.05) is 0 Å². The first-order chi connectivity index (χ1) is 6.96. The summed E-state index contributed by atoms with van der Waals surface area (Å²) in [6.45, 7) is 8.74. The summed E-state index contributed by atoms with van der Waals surface area (Å²) in [5.74, 6) is 0. The number of aryl methyl sites for hydroxylation is 1. The van der Waals surface area contributed by atoms with Gasteiger partial charge in [-0.15, -0.1) is 0 Å². The van der Waals surface area contributed by atoms with Crippen LogP contribution in [0.2, 0.25) is 0 Å². The van der Waals surface area contributed by atoms with Gasteiger partial charge in [-0.1, -0.05) is 20.8 Å². The van der Waals surface area contributed by atoms with Gasteiger partial charge in [0.1, 0.15) is 0 Å². The van der Waals surface area contributed by atoms with Crippen molar-refractivity contribution >= 4 is 5.65 Å². The van der Waals surface area contributed by atoms with E-state index in [1.807, 2.05) is 10.6 Å². The van der Waals surface area contributed by atoms with Gasteiger partial charge in [0.05, 0.1) is 6.20 Å². The molecule has 2 aromatic rings. The Hall–Kier alpha value is -1.38. The molecule has 0 spiro atoms. The van der Waals surface area contributed by atoms with E-state index < -0.39 is 0 Å². The minimum absolute atomic E-state index is 0.276. The molecular weight excluding hydrogens is 186 g/mol. The van der Waals surface area contributed by atoms with Crippen LogP contribution >= 0.6 is 0 Å². The van der Waals surface area contributed by atoms with Crippen molar-refractivity contribution in [3.63, 3.8) is 0 Å². The van der Waals surface area contributed by atoms with E-state index in [0.29, 0.717) is 0 Å². The topological polar surface area (TPSA) is 30.2 Å². The Kier molecular flexibility index (Phi) is 2.25. The van der Waals surface area contributed by atoms with Crippen LogP contribution in [0.1, 0.15) is 32.2 Å². The molecule has 2 rings (SSSR count). The molecule has 15 heavy (non-hydrogen) atoms. The first kappa shape index (κ1) is 10.1. The van der Waals surface area contributed by atoms with Crippen LogP contribution < -0.4 is 0 Å². The molecule has 2 heterocycles. The van der Waals surface area contributed by atoms with E-state index in [4.69, 9.17) is 0 Å². The van der Waals surface area contributed by atoms with Crippen molar-refractivity contribution < 1.29 is 0 Å². The Morgan fingerprint density at radius 2 is 2.07 bits per heavy atom. The molecule has 3 nitrogen and oxygen atoms in total. The van der Waals surface area contributed by atoms with Crippen molar-refractivity contribution in [2.45, 2.75) is 34.1 Å². The van der Waals surface area contributed by atoms with Gasteiger partial charge in [0.25, 0.3) is 0 Å². The van der Waals surface area contributed by atoms with Gasteiger partial charge in [0.2, 0.25) is 0 Å². The molecule has 0 N–H and O–H groups in total. The fourth-order valence-electron chi connectivity index (χ4n) is 1.77. The minimum Gasteiger partial charge on any atom is -0.234 e. The molecule has 0 bridgehead atoms. The molecule has 0 aliphatic carbocycles. The summed E-state index contributed by atoms with van der Waals surface area (Å²) in [5, 5.41) is 4.21. The second-order valence-electron chi connectivity index (χ2n) is 5.23. The van der Waals surface area contributed by atoms with E-state index in [0.717, 1.165) is 23.5 Å². The summed E-state index contributed by atoms with van der Waals surface area (Å²) in [4.78, 5) is 4.58. The predicted octanol–water partition coefficient (Wildman–Crippen LogP) is 2.63. The number of rotatable bonds is 1. The van der Waals surface area contributed by atoms with Gasteiger partial charge < -0.3 is 0 Å². The molecule has 0 saturated heterocycles. The summed E-state index contributed by atoms with van der Waals surface area (Å²) < 4.78 is 1.87. The molecule has 80 valence electrons. The van der Waals surface area contributed by atoms with Gasteiger partial charge in [-0.3, -0.25) is 0 Å². The van der Waals surface area contributed by atoms with Crippen molar-refractivity contribution in [3.05, 3.63) is 29.7 Å². The van der Waals surface area contributed by atoms with Crippen molar-refractivity contribution in [1.82, 2.24) is 14.6 Å². The van der Waals surface area contributed by atoms with E-state index in [1.54, 1.807) is 6.20 Å². The van der Waals surface area contributed by atoms with Crippen LogP contribution in [-0.4, -0.2) is 14.6 Å². The van der Waals surface area contributed by atoms with Crippen LogP contribution in [0.15, 0.2) is 18.3 Å². The quantitative estimate of drug-likeness (QED) is 0.713. The van der Waals surface area contributed by atoms with Crippen LogP contribution in [0.3, 0.4) is 0 Å². The van der Waals surface area contributed by atoms with Gasteiger partial charge >= 0.3 is 0 Å². The standard InChI is InChI=1S/C12H17N3/c1-9-7-10(8-12(2,3)4)14-11-5-6-13-15(9)11/h5-7H,8H2,1-4H3. The lowest BCUT2D eigenvalue weighted by atomic mass is 9.90. The van der Waals surface area contributed by atoms with E-state index in [-0.39, 0.29) is 5.41 Å². The molecule has 0 saturated carbocycles. The second-order valence-corrected chi connectivity index (χ2v) is 5.23. The zero-order valence-electron chi connectivity index (χ0n) is 9.78. The lowest BCUT2D eigenvalue weighted by Crippen LogP contribution is -2.11. The highest BCUT2D eigenvalue weighted by Gasteiger charge is 2.13. The Morgan fingerprint density at radius 3 is 2.73 bits per heavy atom. The third kappa shape index (κ3) is 2.17. The zero-order chi connectivity index (χ0) is 11.1. The number of hydrogen-bond donors (Lipinski definition) is 0. The van der Waals surface area contributed by atoms with Crippen LogP contribution in [0.5, 0.6) is 0 Å². The molecule has 0 fully saturated rings. The van der Waals surface area contributed by atoms with Gasteiger partial charge in [-0.05, 0) is 24.8 Å². The number of fused-ring (bicyclic) bond motifs is 1. The minimum atomic E-state index is 0.276. The second kappa shape index (κ2) is 3.33. The predicted molar refractivity (Wildman–Crippen MR) is 60.9 cm³/mol. The molecule has 0 aliphatic heterocycles. The SMILES string of the molecule is Cc1cc(CC(C)(C)C)nc2ccnn12. The molecule has 0 atom stereocenters. The van der Waals surface area contributed by atoms with Gasteiger partial charge in [-0.2, -0.15) is 5.10 Å². The molecule has 0 aliphatic rings. The van der Waals surface area contributed by atoms with Gasteiger partial charge in [0, 0.05) is 17.5 Å². The van der Waals surface area contributed by atoms with Gasteiger partial charge in [0.15, 0.2) is 5.65 Å². The lowest BCUT2D eigenvalue weighted by molar-refractivity contribution is 0.406. The normalized spacial score (nSPS) is 12.3. The first-order valence-corrected chi connectivity index (χ1v) is 5.26. The number of hydrogen-bond acceptors (Lipinski definition) is 2. The van der Waals surface area contributed by atoms with E-state index in [1.165, 1.54) is 0 Å². The van der Waals surface area contributed by atoms with Crippen molar-refractivity contribution in [3.8, 4) is 0 Å². The fourth-order valence-corrected chi connectivity index (χ4v) is 1.77. The fraction of sp³-hybridized carbons (Fsp3) is 0.500. The Balaban J connectivity index is 2.45. The van der Waals surface area contributed by atoms with E-state index in [2.05, 4.69) is 43.8 Å². The van der Waals surface area contributed by atoms with Crippen molar-refractivity contribution in [1.29, 1.82) is 0 Å². The van der Waals surface area contributed by atoms with Crippen molar-refractivity contribution in [2.24, 2.45) is 5.41 Å². The van der Waals surface area contributed by atoms with E-state index >= 15 is 0 Å². The molecular formula is C12H17N3. The Bertz CT molecular complexity index is 477. The Morgan fingerprint density at radius 1 is 1.33 bits per heavy atom. The summed E-state index contributed by atoms with van der Waals surface area (Å²) in [6, 6.07) is 4.06. The largest absolute Gasteiger partial charge is 0.234 e. The molecule has 0 amide bonds. The number of nitrogens with zero attached hydrogens (tertiary/aromatic N) is 3. The smallest absolute Gasteiger partial charge is 0.155 e. The van der Waals surface area contributed by atoms with Crippen LogP contribution in [0.25, 0.3) is 5.65 Å². The summed E-state index contributed by atoms with van der Waals surface area (Å²) in [7, 11) is 0. The van der Waals surface area contributed by atoms with Crippen LogP contribution in [-0.2, 0) is 6.42 Å². The highest BCUT2D eigenvalue weighted by Crippen LogP contribution is 2.20. The maximum absolute atomic E-state index is 4.58.